The summed E-state index contributed by atoms with van der Waals surface area (Å²) < 4.78 is 26.3. The first-order chi connectivity index (χ1) is 8.93. The Hall–Kier alpha value is -0.330. The summed E-state index contributed by atoms with van der Waals surface area (Å²) in [5.74, 6) is -0.00168. The van der Waals surface area contributed by atoms with Gasteiger partial charge in [-0.05, 0) is 37.0 Å². The third kappa shape index (κ3) is 3.41. The molecule has 1 N–H and O–H groups in total. The number of aliphatic hydroxyl groups excluding tert-OH is 1. The number of hydrogen-bond acceptors (Lipinski definition) is 3. The van der Waals surface area contributed by atoms with E-state index in [0.717, 1.165) is 12.8 Å². The lowest BCUT2D eigenvalue weighted by molar-refractivity contribution is 0.165. The first kappa shape index (κ1) is 15.1. The molecule has 0 aliphatic carbocycles. The maximum atomic E-state index is 12.5. The molecule has 0 saturated carbocycles. The van der Waals surface area contributed by atoms with Gasteiger partial charge in [0.25, 0.3) is 0 Å². The molecule has 19 heavy (non-hydrogen) atoms. The SMILES string of the molecule is O=S(=O)(c1cc(Cl)cc(Cl)c1)N1CCCC(CO)C1. The van der Waals surface area contributed by atoms with Gasteiger partial charge in [-0.2, -0.15) is 4.31 Å². The highest BCUT2D eigenvalue weighted by atomic mass is 35.5. The molecule has 0 bridgehead atoms. The van der Waals surface area contributed by atoms with Gasteiger partial charge in [-0.3, -0.25) is 0 Å². The topological polar surface area (TPSA) is 57.6 Å². The zero-order valence-electron chi connectivity index (χ0n) is 10.2. The summed E-state index contributed by atoms with van der Waals surface area (Å²) in [6, 6.07) is 4.28. The van der Waals surface area contributed by atoms with Gasteiger partial charge in [0.2, 0.25) is 10.0 Å². The fourth-order valence-electron chi connectivity index (χ4n) is 2.22. The van der Waals surface area contributed by atoms with E-state index in [-0.39, 0.29) is 17.4 Å². The van der Waals surface area contributed by atoms with Crippen LogP contribution in [-0.2, 0) is 10.0 Å². The van der Waals surface area contributed by atoms with E-state index in [9.17, 15) is 8.42 Å². The van der Waals surface area contributed by atoms with Gasteiger partial charge in [0.1, 0.15) is 0 Å². The Balaban J connectivity index is 2.31. The van der Waals surface area contributed by atoms with E-state index in [0.29, 0.717) is 23.1 Å². The van der Waals surface area contributed by atoms with Crippen molar-refractivity contribution < 1.29 is 13.5 Å². The van der Waals surface area contributed by atoms with Gasteiger partial charge in [-0.1, -0.05) is 23.2 Å². The lowest BCUT2D eigenvalue weighted by Crippen LogP contribution is -2.40. The number of aliphatic hydroxyl groups is 1. The molecule has 1 unspecified atom stereocenters. The van der Waals surface area contributed by atoms with Gasteiger partial charge in [-0.15, -0.1) is 0 Å². The summed E-state index contributed by atoms with van der Waals surface area (Å²) in [6.45, 7) is 0.800. The number of rotatable bonds is 3. The van der Waals surface area contributed by atoms with Gasteiger partial charge >= 0.3 is 0 Å². The molecule has 4 nitrogen and oxygen atoms in total. The molecule has 1 aliphatic rings. The van der Waals surface area contributed by atoms with Crippen molar-refractivity contribution in [3.63, 3.8) is 0 Å². The molecule has 2 rings (SSSR count). The van der Waals surface area contributed by atoms with E-state index in [1.807, 2.05) is 0 Å². The average molecular weight is 324 g/mol. The molecule has 1 aromatic carbocycles. The first-order valence-electron chi connectivity index (χ1n) is 6.00. The normalized spacial score (nSPS) is 21.5. The minimum absolute atomic E-state index is 0.00168. The third-order valence-electron chi connectivity index (χ3n) is 3.21. The van der Waals surface area contributed by atoms with Crippen LogP contribution in [0.2, 0.25) is 10.0 Å². The van der Waals surface area contributed by atoms with Crippen LogP contribution in [0.3, 0.4) is 0 Å². The van der Waals surface area contributed by atoms with E-state index in [1.54, 1.807) is 0 Å². The number of benzene rings is 1. The Morgan fingerprint density at radius 3 is 2.47 bits per heavy atom. The summed E-state index contributed by atoms with van der Waals surface area (Å²) in [7, 11) is -3.60. The number of sulfonamides is 1. The summed E-state index contributed by atoms with van der Waals surface area (Å²) in [5, 5.41) is 9.76. The van der Waals surface area contributed by atoms with Crippen LogP contribution in [-0.4, -0.2) is 37.5 Å². The van der Waals surface area contributed by atoms with Crippen LogP contribution in [0.1, 0.15) is 12.8 Å². The van der Waals surface area contributed by atoms with E-state index < -0.39 is 10.0 Å². The van der Waals surface area contributed by atoms with E-state index in [4.69, 9.17) is 28.3 Å². The Labute approximate surface area is 123 Å². The lowest BCUT2D eigenvalue weighted by atomic mass is 10.0. The van der Waals surface area contributed by atoms with Crippen LogP contribution in [0, 0.1) is 5.92 Å². The highest BCUT2D eigenvalue weighted by molar-refractivity contribution is 7.89. The van der Waals surface area contributed by atoms with E-state index in [1.165, 1.54) is 22.5 Å². The number of halogens is 2. The Bertz CT molecular complexity index is 542. The largest absolute Gasteiger partial charge is 0.396 e. The quantitative estimate of drug-likeness (QED) is 0.929. The minimum atomic E-state index is -3.60. The number of nitrogens with zero attached hydrogens (tertiary/aromatic N) is 1. The second-order valence-electron chi connectivity index (χ2n) is 4.66. The fourth-order valence-corrected chi connectivity index (χ4v) is 4.50. The van der Waals surface area contributed by atoms with Gasteiger partial charge in [0, 0.05) is 29.7 Å². The van der Waals surface area contributed by atoms with Crippen molar-refractivity contribution in [3.8, 4) is 0 Å². The van der Waals surface area contributed by atoms with Crippen molar-refractivity contribution in [2.24, 2.45) is 5.92 Å². The highest BCUT2D eigenvalue weighted by Gasteiger charge is 2.30. The third-order valence-corrected chi connectivity index (χ3v) is 5.49. The zero-order chi connectivity index (χ0) is 14.0. The predicted molar refractivity (Wildman–Crippen MR) is 75.0 cm³/mol. The molecule has 1 heterocycles. The Kier molecular flexibility index (Phi) is 4.74. The molecule has 0 radical (unpaired) electrons. The average Bonchev–Trinajstić information content (AvgIpc) is 2.37. The van der Waals surface area contributed by atoms with Crippen molar-refractivity contribution in [2.75, 3.05) is 19.7 Å². The molecule has 106 valence electrons. The predicted octanol–water partition coefficient (Wildman–Crippen LogP) is 2.39. The maximum absolute atomic E-state index is 12.5. The van der Waals surface area contributed by atoms with Gasteiger partial charge < -0.3 is 5.11 Å². The molecule has 1 atom stereocenters. The summed E-state index contributed by atoms with van der Waals surface area (Å²) in [6.07, 6.45) is 1.59. The van der Waals surface area contributed by atoms with E-state index >= 15 is 0 Å². The smallest absolute Gasteiger partial charge is 0.243 e. The van der Waals surface area contributed by atoms with Crippen molar-refractivity contribution in [1.29, 1.82) is 0 Å². The number of hydrogen-bond donors (Lipinski definition) is 1. The standard InChI is InChI=1S/C12H15Cl2NO3S/c13-10-4-11(14)6-12(5-10)19(17,18)15-3-1-2-9(7-15)8-16/h4-6,9,16H,1-3,7-8H2. The van der Waals surface area contributed by atoms with Crippen LogP contribution >= 0.6 is 23.2 Å². The molecule has 1 saturated heterocycles. The molecule has 0 amide bonds. The summed E-state index contributed by atoms with van der Waals surface area (Å²) in [4.78, 5) is 0.101. The molecule has 1 aromatic rings. The van der Waals surface area contributed by atoms with Gasteiger partial charge in [-0.25, -0.2) is 8.42 Å². The highest BCUT2D eigenvalue weighted by Crippen LogP contribution is 2.27. The second-order valence-corrected chi connectivity index (χ2v) is 7.47. The van der Waals surface area contributed by atoms with Crippen molar-refractivity contribution >= 4 is 33.2 Å². The maximum Gasteiger partial charge on any atom is 0.243 e. The minimum Gasteiger partial charge on any atom is -0.396 e. The van der Waals surface area contributed by atoms with Crippen LogP contribution in [0.5, 0.6) is 0 Å². The molecule has 1 aliphatic heterocycles. The summed E-state index contributed by atoms with van der Waals surface area (Å²) >= 11 is 11.7. The molecule has 0 spiro atoms. The van der Waals surface area contributed by atoms with Crippen LogP contribution < -0.4 is 0 Å². The van der Waals surface area contributed by atoms with Crippen molar-refractivity contribution in [3.05, 3.63) is 28.2 Å². The van der Waals surface area contributed by atoms with Gasteiger partial charge in [0.05, 0.1) is 4.90 Å². The molecule has 0 aromatic heterocycles. The Morgan fingerprint density at radius 2 is 1.89 bits per heavy atom. The molecular weight excluding hydrogens is 309 g/mol. The van der Waals surface area contributed by atoms with Crippen molar-refractivity contribution in [2.45, 2.75) is 17.7 Å². The molecular formula is C12H15Cl2NO3S. The first-order valence-corrected chi connectivity index (χ1v) is 8.20. The van der Waals surface area contributed by atoms with E-state index in [2.05, 4.69) is 0 Å². The zero-order valence-corrected chi connectivity index (χ0v) is 12.5. The second kappa shape index (κ2) is 5.97. The van der Waals surface area contributed by atoms with Crippen LogP contribution in [0.4, 0.5) is 0 Å². The van der Waals surface area contributed by atoms with Crippen molar-refractivity contribution in [1.82, 2.24) is 4.31 Å². The number of piperidine rings is 1. The van der Waals surface area contributed by atoms with Gasteiger partial charge in [0.15, 0.2) is 0 Å². The van der Waals surface area contributed by atoms with Crippen LogP contribution in [0.15, 0.2) is 23.1 Å². The monoisotopic (exact) mass is 323 g/mol. The molecule has 7 heteroatoms. The van der Waals surface area contributed by atoms with Crippen LogP contribution in [0.25, 0.3) is 0 Å². The lowest BCUT2D eigenvalue weighted by Gasteiger charge is -2.31. The fraction of sp³-hybridized carbons (Fsp3) is 0.500. The summed E-state index contributed by atoms with van der Waals surface area (Å²) in [5.41, 5.74) is 0. The Morgan fingerprint density at radius 1 is 1.26 bits per heavy atom. The molecule has 1 fully saturated rings.